The molecule has 2 heterocycles. The molecule has 0 saturated carbocycles. The van der Waals surface area contributed by atoms with Crippen molar-refractivity contribution in [2.75, 3.05) is 43.9 Å². The molecular formula is C30H27F3N4O6. The van der Waals surface area contributed by atoms with E-state index < -0.39 is 18.1 Å². The highest BCUT2D eigenvalue weighted by molar-refractivity contribution is 6.37. The molecule has 0 spiro atoms. The number of aliphatic carboxylic acids is 1. The molecule has 10 nitrogen and oxygen atoms in total. The first-order valence-corrected chi connectivity index (χ1v) is 13.0. The van der Waals surface area contributed by atoms with E-state index in [1.807, 2.05) is 47.4 Å². The number of methoxy groups -OCH3 is 1. The van der Waals surface area contributed by atoms with Crippen LogP contribution in [0.5, 0.6) is 0 Å². The molecule has 13 heteroatoms. The van der Waals surface area contributed by atoms with Gasteiger partial charge >= 0.3 is 18.1 Å². The lowest BCUT2D eigenvalue weighted by Crippen LogP contribution is -2.46. The van der Waals surface area contributed by atoms with E-state index in [4.69, 9.17) is 14.6 Å². The lowest BCUT2D eigenvalue weighted by Gasteiger charge is -2.27. The number of esters is 1. The third-order valence-corrected chi connectivity index (χ3v) is 6.55. The van der Waals surface area contributed by atoms with Gasteiger partial charge in [-0.2, -0.15) is 13.2 Å². The smallest absolute Gasteiger partial charge is 0.475 e. The molecule has 3 aromatic carbocycles. The number of amides is 2. The molecule has 0 radical (unpaired) electrons. The minimum Gasteiger partial charge on any atom is -0.475 e. The summed E-state index contributed by atoms with van der Waals surface area (Å²) in [6.07, 6.45) is -5.08. The lowest BCUT2D eigenvalue weighted by atomic mass is 9.99. The molecule has 3 aromatic rings. The number of benzene rings is 3. The van der Waals surface area contributed by atoms with Gasteiger partial charge in [0.15, 0.2) is 0 Å². The molecule has 0 aromatic heterocycles. The number of carboxylic acid groups (broad SMARTS) is 1. The van der Waals surface area contributed by atoms with E-state index in [-0.39, 0.29) is 11.8 Å². The summed E-state index contributed by atoms with van der Waals surface area (Å²) in [7, 11) is 1.32. The molecule has 2 aliphatic rings. The van der Waals surface area contributed by atoms with Crippen molar-refractivity contribution in [1.82, 2.24) is 10.2 Å². The van der Waals surface area contributed by atoms with Crippen molar-refractivity contribution in [2.45, 2.75) is 6.18 Å². The number of anilines is 2. The van der Waals surface area contributed by atoms with Gasteiger partial charge in [0.2, 0.25) is 0 Å². The Morgan fingerprint density at radius 1 is 0.907 bits per heavy atom. The summed E-state index contributed by atoms with van der Waals surface area (Å²) in [5.74, 6) is -3.49. The minimum atomic E-state index is -5.08. The maximum atomic E-state index is 13.1. The van der Waals surface area contributed by atoms with E-state index in [0.29, 0.717) is 46.7 Å². The van der Waals surface area contributed by atoms with E-state index in [1.54, 1.807) is 30.3 Å². The van der Waals surface area contributed by atoms with Crippen molar-refractivity contribution in [1.29, 1.82) is 0 Å². The third kappa shape index (κ3) is 7.38. The van der Waals surface area contributed by atoms with Gasteiger partial charge in [0, 0.05) is 43.0 Å². The Bertz CT molecular complexity index is 1550. The number of ether oxygens (including phenoxy) is 1. The highest BCUT2D eigenvalue weighted by atomic mass is 19.4. The van der Waals surface area contributed by atoms with Crippen LogP contribution in [0.1, 0.15) is 31.8 Å². The largest absolute Gasteiger partial charge is 0.490 e. The van der Waals surface area contributed by atoms with Crippen LogP contribution in [0, 0.1) is 0 Å². The Morgan fingerprint density at radius 2 is 1.51 bits per heavy atom. The average molecular weight is 597 g/mol. The molecule has 2 aliphatic heterocycles. The van der Waals surface area contributed by atoms with Gasteiger partial charge in [-0.1, -0.05) is 36.4 Å². The van der Waals surface area contributed by atoms with E-state index in [0.717, 1.165) is 24.3 Å². The van der Waals surface area contributed by atoms with Gasteiger partial charge in [0.05, 0.1) is 29.6 Å². The summed E-state index contributed by atoms with van der Waals surface area (Å²) in [5.41, 5.74) is 4.87. The zero-order valence-corrected chi connectivity index (χ0v) is 22.8. The second-order valence-corrected chi connectivity index (χ2v) is 9.37. The summed E-state index contributed by atoms with van der Waals surface area (Å²) in [5, 5.41) is 16.6. The fourth-order valence-electron chi connectivity index (χ4n) is 4.44. The summed E-state index contributed by atoms with van der Waals surface area (Å²) in [6, 6.07) is 21.8. The maximum Gasteiger partial charge on any atom is 0.490 e. The molecule has 0 bridgehead atoms. The van der Waals surface area contributed by atoms with Crippen LogP contribution in [0.3, 0.4) is 0 Å². The second kappa shape index (κ2) is 13.2. The first kappa shape index (κ1) is 30.8. The molecule has 5 rings (SSSR count). The van der Waals surface area contributed by atoms with Crippen LogP contribution in [-0.4, -0.2) is 73.2 Å². The van der Waals surface area contributed by atoms with Gasteiger partial charge in [0.1, 0.15) is 0 Å². The number of nitrogens with one attached hydrogen (secondary N) is 3. The van der Waals surface area contributed by atoms with Gasteiger partial charge in [-0.05, 0) is 42.0 Å². The molecule has 2 amide bonds. The van der Waals surface area contributed by atoms with E-state index in [9.17, 15) is 27.6 Å². The van der Waals surface area contributed by atoms with Crippen LogP contribution in [-0.2, 0) is 14.3 Å². The maximum absolute atomic E-state index is 13.1. The average Bonchev–Trinajstić information content (AvgIpc) is 3.34. The lowest BCUT2D eigenvalue weighted by molar-refractivity contribution is -0.192. The van der Waals surface area contributed by atoms with E-state index in [1.165, 1.54) is 7.11 Å². The first-order valence-electron chi connectivity index (χ1n) is 13.0. The van der Waals surface area contributed by atoms with Crippen LogP contribution in [0.25, 0.3) is 11.3 Å². The van der Waals surface area contributed by atoms with E-state index in [2.05, 4.69) is 16.0 Å². The van der Waals surface area contributed by atoms with Crippen LogP contribution in [0.2, 0.25) is 0 Å². The number of carboxylic acids is 1. The zero-order valence-electron chi connectivity index (χ0n) is 22.8. The molecule has 224 valence electrons. The SMILES string of the molecule is COC(=O)c1ccc2c(c1)NC(=O)/C2=C(\Nc1ccc(C(=O)N2CCNCC2)cc1)c1ccccc1.O=C(O)C(F)(F)F. The molecular weight excluding hydrogens is 569 g/mol. The monoisotopic (exact) mass is 596 g/mol. The second-order valence-electron chi connectivity index (χ2n) is 9.37. The van der Waals surface area contributed by atoms with Crippen molar-refractivity contribution in [3.63, 3.8) is 0 Å². The summed E-state index contributed by atoms with van der Waals surface area (Å²) in [4.78, 5) is 48.7. The van der Waals surface area contributed by atoms with Crippen molar-refractivity contribution >= 4 is 46.4 Å². The number of fused-ring (bicyclic) bond motifs is 1. The van der Waals surface area contributed by atoms with Crippen LogP contribution in [0.15, 0.2) is 72.8 Å². The number of hydrogen-bond donors (Lipinski definition) is 4. The Morgan fingerprint density at radius 3 is 2.09 bits per heavy atom. The summed E-state index contributed by atoms with van der Waals surface area (Å²) < 4.78 is 36.5. The van der Waals surface area contributed by atoms with Gasteiger partial charge in [0.25, 0.3) is 11.8 Å². The fraction of sp³-hybridized carbons (Fsp3) is 0.200. The number of carbonyl (C=O) groups excluding carboxylic acids is 3. The zero-order chi connectivity index (χ0) is 31.1. The van der Waals surface area contributed by atoms with Crippen LogP contribution in [0.4, 0.5) is 24.5 Å². The number of hydrogen-bond acceptors (Lipinski definition) is 7. The number of nitrogens with zero attached hydrogens (tertiary/aromatic N) is 1. The predicted molar refractivity (Wildman–Crippen MR) is 152 cm³/mol. The number of halogens is 3. The number of piperazine rings is 1. The Balaban J connectivity index is 0.000000541. The predicted octanol–water partition coefficient (Wildman–Crippen LogP) is 4.08. The first-order chi connectivity index (χ1) is 20.5. The van der Waals surface area contributed by atoms with Crippen LogP contribution < -0.4 is 16.0 Å². The molecule has 43 heavy (non-hydrogen) atoms. The highest BCUT2D eigenvalue weighted by Gasteiger charge is 2.38. The normalized spacial score (nSPS) is 15.3. The van der Waals surface area contributed by atoms with Gasteiger partial charge in [-0.3, -0.25) is 9.59 Å². The number of rotatable bonds is 5. The Kier molecular flexibility index (Phi) is 9.46. The summed E-state index contributed by atoms with van der Waals surface area (Å²) >= 11 is 0. The Hall–Kier alpha value is -5.17. The van der Waals surface area contributed by atoms with Crippen molar-refractivity contribution < 1.29 is 42.2 Å². The van der Waals surface area contributed by atoms with E-state index >= 15 is 0 Å². The fourth-order valence-corrected chi connectivity index (χ4v) is 4.44. The minimum absolute atomic E-state index is 0.00944. The molecule has 1 fully saturated rings. The number of alkyl halides is 3. The van der Waals surface area contributed by atoms with Crippen molar-refractivity contribution in [2.24, 2.45) is 0 Å². The van der Waals surface area contributed by atoms with Gasteiger partial charge in [-0.25, -0.2) is 9.59 Å². The van der Waals surface area contributed by atoms with Crippen molar-refractivity contribution in [3.8, 4) is 0 Å². The molecule has 1 saturated heterocycles. The quantitative estimate of drug-likeness (QED) is 0.256. The highest BCUT2D eigenvalue weighted by Crippen LogP contribution is 2.38. The van der Waals surface area contributed by atoms with Gasteiger partial charge in [-0.15, -0.1) is 0 Å². The van der Waals surface area contributed by atoms with Crippen molar-refractivity contribution in [3.05, 3.63) is 95.1 Å². The standard InChI is InChI=1S/C28H26N4O4.C2HF3O2/c1-36-28(35)20-9-12-22-23(17-20)31-26(33)24(22)25(18-5-3-2-4-6-18)30-21-10-7-19(8-11-21)27(34)32-15-13-29-14-16-32;3-2(4,5)1(6)7/h2-12,17,29-30H,13-16H2,1H3,(H,31,33);(H,6,7)/b25-24-;. The molecule has 4 N–H and O–H groups in total. The molecule has 0 atom stereocenters. The van der Waals surface area contributed by atoms with Gasteiger partial charge < -0.3 is 30.7 Å². The van der Waals surface area contributed by atoms with Crippen LogP contribution >= 0.6 is 0 Å². The Labute approximate surface area is 244 Å². The third-order valence-electron chi connectivity index (χ3n) is 6.55. The summed E-state index contributed by atoms with van der Waals surface area (Å²) in [6.45, 7) is 2.97. The topological polar surface area (TPSA) is 137 Å². The number of carbonyl (C=O) groups is 4. The molecule has 0 aliphatic carbocycles. The molecule has 0 unspecified atom stereocenters.